The quantitative estimate of drug-likeness (QED) is 0.441. The van der Waals surface area contributed by atoms with E-state index in [1.807, 2.05) is 85.2 Å². The lowest BCUT2D eigenvalue weighted by Crippen LogP contribution is -1.86. The van der Waals surface area contributed by atoms with Crippen molar-refractivity contribution in [1.82, 2.24) is 9.97 Å². The zero-order valence-corrected chi connectivity index (χ0v) is 16.7. The van der Waals surface area contributed by atoms with Crippen molar-refractivity contribution in [2.75, 3.05) is 0 Å². The molecule has 148 valence electrons. The number of benzene rings is 2. The van der Waals surface area contributed by atoms with Gasteiger partial charge in [0.2, 0.25) is 0 Å². The van der Waals surface area contributed by atoms with Gasteiger partial charge in [-0.1, -0.05) is 48.6 Å². The van der Waals surface area contributed by atoms with Gasteiger partial charge in [-0.15, -0.1) is 0 Å². The Balaban J connectivity index is 1.42. The summed E-state index contributed by atoms with van der Waals surface area (Å²) in [5.41, 5.74) is 6.37. The molecule has 31 heavy (non-hydrogen) atoms. The molecule has 4 heteroatoms. The van der Waals surface area contributed by atoms with Crippen molar-refractivity contribution in [1.29, 1.82) is 5.26 Å². The number of hydrogen-bond acceptors (Lipinski definition) is 4. The molecule has 2 aromatic carbocycles. The molecule has 0 atom stereocenters. The summed E-state index contributed by atoms with van der Waals surface area (Å²) in [6.07, 6.45) is 11.5. The van der Waals surface area contributed by atoms with E-state index in [-0.39, 0.29) is 5.75 Å². The molecule has 0 spiro atoms. The Morgan fingerprint density at radius 2 is 1.10 bits per heavy atom. The summed E-state index contributed by atoms with van der Waals surface area (Å²) < 4.78 is 0. The third-order valence-corrected chi connectivity index (χ3v) is 4.73. The lowest BCUT2D eigenvalue weighted by atomic mass is 10.1. The fourth-order valence-corrected chi connectivity index (χ4v) is 2.97. The van der Waals surface area contributed by atoms with Crippen molar-refractivity contribution in [2.45, 2.75) is 0 Å². The molecule has 0 bridgehead atoms. The number of pyridine rings is 2. The molecule has 2 heterocycles. The molecule has 0 unspecified atom stereocenters. The highest BCUT2D eigenvalue weighted by Crippen LogP contribution is 2.19. The normalized spacial score (nSPS) is 11.1. The van der Waals surface area contributed by atoms with Gasteiger partial charge in [0.05, 0.1) is 23.0 Å². The molecule has 1 N–H and O–H groups in total. The van der Waals surface area contributed by atoms with Gasteiger partial charge in [0.15, 0.2) is 0 Å². The van der Waals surface area contributed by atoms with Crippen LogP contribution in [0.25, 0.3) is 35.4 Å². The molecule has 4 aromatic rings. The molecular weight excluding hydrogens is 382 g/mol. The highest BCUT2D eigenvalue weighted by atomic mass is 16.3. The maximum atomic E-state index is 9.34. The monoisotopic (exact) mass is 401 g/mol. The summed E-state index contributed by atoms with van der Waals surface area (Å²) in [7, 11) is 0. The van der Waals surface area contributed by atoms with Crippen molar-refractivity contribution >= 4 is 24.3 Å². The van der Waals surface area contributed by atoms with Crippen molar-refractivity contribution < 1.29 is 5.11 Å². The maximum absolute atomic E-state index is 9.34. The first-order valence-corrected chi connectivity index (χ1v) is 9.77. The Bertz CT molecular complexity index is 1250. The summed E-state index contributed by atoms with van der Waals surface area (Å²) in [4.78, 5) is 9.01. The molecule has 0 radical (unpaired) electrons. The van der Waals surface area contributed by atoms with Gasteiger partial charge >= 0.3 is 0 Å². The summed E-state index contributed by atoms with van der Waals surface area (Å²) in [5.74, 6) is 0.254. The molecule has 4 rings (SSSR count). The second-order valence-corrected chi connectivity index (χ2v) is 6.94. The van der Waals surface area contributed by atoms with E-state index >= 15 is 0 Å². The van der Waals surface area contributed by atoms with Crippen LogP contribution in [0.4, 0.5) is 0 Å². The van der Waals surface area contributed by atoms with E-state index in [9.17, 15) is 5.11 Å². The standard InChI is InChI=1S/C27H19N3O/c28-17-22-3-1-20(2-4-22)5-11-25-13-9-23(18-29-25)24-10-14-26(30-19-24)12-6-21-7-15-27(31)16-8-21/h1-16,18-19,31H. The van der Waals surface area contributed by atoms with Gasteiger partial charge < -0.3 is 5.11 Å². The van der Waals surface area contributed by atoms with E-state index in [2.05, 4.69) is 16.0 Å². The number of rotatable bonds is 5. The van der Waals surface area contributed by atoms with Crippen LogP contribution < -0.4 is 0 Å². The maximum Gasteiger partial charge on any atom is 0.115 e. The average molecular weight is 401 g/mol. The Morgan fingerprint density at radius 1 is 0.613 bits per heavy atom. The summed E-state index contributed by atoms with van der Waals surface area (Å²) in [6.45, 7) is 0. The minimum Gasteiger partial charge on any atom is -0.508 e. The lowest BCUT2D eigenvalue weighted by molar-refractivity contribution is 0.475. The van der Waals surface area contributed by atoms with Crippen LogP contribution in [0.1, 0.15) is 28.1 Å². The van der Waals surface area contributed by atoms with Crippen LogP contribution in [0.15, 0.2) is 85.2 Å². The minimum atomic E-state index is 0.254. The van der Waals surface area contributed by atoms with Crippen LogP contribution in [0.2, 0.25) is 0 Å². The van der Waals surface area contributed by atoms with Crippen molar-refractivity contribution in [3.05, 3.63) is 113 Å². The Kier molecular flexibility index (Phi) is 5.97. The first kappa shape index (κ1) is 19.8. The number of nitriles is 1. The summed E-state index contributed by atoms with van der Waals surface area (Å²) in [6, 6.07) is 24.5. The van der Waals surface area contributed by atoms with Gasteiger partial charge in [0.1, 0.15) is 5.75 Å². The number of hydrogen-bond donors (Lipinski definition) is 1. The first-order chi connectivity index (χ1) is 15.2. The molecule has 0 saturated heterocycles. The smallest absolute Gasteiger partial charge is 0.115 e. The van der Waals surface area contributed by atoms with Crippen LogP contribution in [0.3, 0.4) is 0 Å². The van der Waals surface area contributed by atoms with E-state index in [1.165, 1.54) is 0 Å². The number of phenolic OH excluding ortho intramolecular Hbond substituents is 1. The van der Waals surface area contributed by atoms with Crippen LogP contribution in [0.5, 0.6) is 5.75 Å². The molecule has 0 aliphatic carbocycles. The third-order valence-electron chi connectivity index (χ3n) is 4.73. The predicted octanol–water partition coefficient (Wildman–Crippen LogP) is 6.06. The molecule has 4 nitrogen and oxygen atoms in total. The Morgan fingerprint density at radius 3 is 1.52 bits per heavy atom. The van der Waals surface area contributed by atoms with Crippen molar-refractivity contribution in [2.24, 2.45) is 0 Å². The van der Waals surface area contributed by atoms with Gasteiger partial charge in [-0.05, 0) is 59.7 Å². The average Bonchev–Trinajstić information content (AvgIpc) is 2.83. The van der Waals surface area contributed by atoms with E-state index in [0.717, 1.165) is 33.6 Å². The number of nitrogens with zero attached hydrogens (tertiary/aromatic N) is 3. The molecule has 0 fully saturated rings. The zero-order chi connectivity index (χ0) is 21.5. The van der Waals surface area contributed by atoms with Gasteiger partial charge in [0.25, 0.3) is 0 Å². The van der Waals surface area contributed by atoms with E-state index in [1.54, 1.807) is 24.3 Å². The van der Waals surface area contributed by atoms with Crippen molar-refractivity contribution in [3.63, 3.8) is 0 Å². The Hall–Kier alpha value is -4.49. The summed E-state index contributed by atoms with van der Waals surface area (Å²) >= 11 is 0. The van der Waals surface area contributed by atoms with Crippen molar-refractivity contribution in [3.8, 4) is 22.9 Å². The number of aromatic hydroxyl groups is 1. The molecular formula is C27H19N3O. The molecule has 2 aromatic heterocycles. The lowest BCUT2D eigenvalue weighted by Gasteiger charge is -2.02. The molecule has 0 amide bonds. The Labute approximate surface area is 181 Å². The zero-order valence-electron chi connectivity index (χ0n) is 16.7. The molecule has 0 aliphatic heterocycles. The second-order valence-electron chi connectivity index (χ2n) is 6.94. The topological polar surface area (TPSA) is 69.8 Å². The van der Waals surface area contributed by atoms with Crippen LogP contribution in [0, 0.1) is 11.3 Å². The van der Waals surface area contributed by atoms with Gasteiger partial charge in [-0.3, -0.25) is 9.97 Å². The van der Waals surface area contributed by atoms with Crippen LogP contribution >= 0.6 is 0 Å². The minimum absolute atomic E-state index is 0.254. The second kappa shape index (κ2) is 9.34. The van der Waals surface area contributed by atoms with E-state index in [0.29, 0.717) is 5.56 Å². The predicted molar refractivity (Wildman–Crippen MR) is 125 cm³/mol. The third kappa shape index (κ3) is 5.31. The number of phenols is 1. The van der Waals surface area contributed by atoms with Crippen LogP contribution in [-0.2, 0) is 0 Å². The molecule has 0 aliphatic rings. The summed E-state index contributed by atoms with van der Waals surface area (Å²) in [5, 5.41) is 18.2. The van der Waals surface area contributed by atoms with E-state index < -0.39 is 0 Å². The highest BCUT2D eigenvalue weighted by Gasteiger charge is 2.00. The largest absolute Gasteiger partial charge is 0.508 e. The fraction of sp³-hybridized carbons (Fsp3) is 0. The van der Waals surface area contributed by atoms with Gasteiger partial charge in [0, 0.05) is 23.5 Å². The SMILES string of the molecule is N#Cc1ccc(C=Cc2ccc(-c3ccc(C=Cc4ccc(O)cc4)nc3)cn2)cc1. The van der Waals surface area contributed by atoms with Gasteiger partial charge in [-0.2, -0.15) is 5.26 Å². The van der Waals surface area contributed by atoms with E-state index in [4.69, 9.17) is 5.26 Å². The fourth-order valence-electron chi connectivity index (χ4n) is 2.97. The molecule has 0 saturated carbocycles. The number of aromatic nitrogens is 2. The highest BCUT2D eigenvalue weighted by molar-refractivity contribution is 5.71. The van der Waals surface area contributed by atoms with Crippen LogP contribution in [-0.4, -0.2) is 15.1 Å². The first-order valence-electron chi connectivity index (χ1n) is 9.77. The van der Waals surface area contributed by atoms with Gasteiger partial charge in [-0.25, -0.2) is 0 Å².